The van der Waals surface area contributed by atoms with Crippen molar-refractivity contribution >= 4 is 27.6 Å². The number of aromatic nitrogens is 6. The Balaban J connectivity index is 1.93. The Bertz CT molecular complexity index is 1170. The van der Waals surface area contributed by atoms with Crippen LogP contribution in [0.25, 0.3) is 11.5 Å². The molecular formula is C19H24ClN7O5S. The van der Waals surface area contributed by atoms with E-state index in [0.29, 0.717) is 29.0 Å². The van der Waals surface area contributed by atoms with Gasteiger partial charge in [-0.25, -0.2) is 23.4 Å². The van der Waals surface area contributed by atoms with Gasteiger partial charge >= 0.3 is 0 Å². The number of ether oxygens (including phenoxy) is 3. The van der Waals surface area contributed by atoms with Crippen LogP contribution in [0.15, 0.2) is 30.6 Å². The van der Waals surface area contributed by atoms with Crippen LogP contribution in [0.5, 0.6) is 5.88 Å². The van der Waals surface area contributed by atoms with Gasteiger partial charge in [-0.05, 0) is 13.0 Å². The normalized spacial score (nSPS) is 13.5. The number of pyridine rings is 1. The predicted molar refractivity (Wildman–Crippen MR) is 120 cm³/mol. The van der Waals surface area contributed by atoms with E-state index < -0.39 is 21.4 Å². The molecule has 14 heteroatoms. The topological polar surface area (TPSA) is 143 Å². The van der Waals surface area contributed by atoms with Crippen molar-refractivity contribution in [2.24, 2.45) is 0 Å². The van der Waals surface area contributed by atoms with E-state index in [-0.39, 0.29) is 18.3 Å². The minimum absolute atomic E-state index is 0.00500. The molecule has 33 heavy (non-hydrogen) atoms. The first kappa shape index (κ1) is 24.8. The van der Waals surface area contributed by atoms with E-state index in [9.17, 15) is 8.42 Å². The van der Waals surface area contributed by atoms with E-state index in [1.807, 2.05) is 0 Å². The van der Waals surface area contributed by atoms with Crippen LogP contribution in [0.3, 0.4) is 0 Å². The third-order valence-corrected chi connectivity index (χ3v) is 6.62. The van der Waals surface area contributed by atoms with Gasteiger partial charge < -0.3 is 14.2 Å². The van der Waals surface area contributed by atoms with Crippen molar-refractivity contribution < 1.29 is 22.6 Å². The number of methoxy groups -OCH3 is 3. The third-order valence-electron chi connectivity index (χ3n) is 4.73. The summed E-state index contributed by atoms with van der Waals surface area (Å²) in [5.74, 6) is 0.920. The maximum atomic E-state index is 13.2. The molecule has 0 spiro atoms. The zero-order valence-electron chi connectivity index (χ0n) is 18.5. The number of anilines is 1. The summed E-state index contributed by atoms with van der Waals surface area (Å²) in [4.78, 5) is 12.5. The Morgan fingerprint density at radius 2 is 1.88 bits per heavy atom. The minimum Gasteiger partial charge on any atom is -0.481 e. The van der Waals surface area contributed by atoms with Crippen LogP contribution in [-0.4, -0.2) is 71.3 Å². The zero-order valence-corrected chi connectivity index (χ0v) is 20.0. The Hall–Kier alpha value is -2.87. The number of hydrogen-bond acceptors (Lipinski definition) is 10. The van der Waals surface area contributed by atoms with Crippen LogP contribution < -0.4 is 9.46 Å². The second-order valence-corrected chi connectivity index (χ2v) is 9.30. The largest absolute Gasteiger partial charge is 0.481 e. The number of nitrogens with one attached hydrogen (secondary N) is 1. The number of nitrogens with zero attached hydrogens (tertiary/aromatic N) is 6. The van der Waals surface area contributed by atoms with Crippen molar-refractivity contribution in [3.63, 3.8) is 0 Å². The molecule has 0 bridgehead atoms. The standard InChI is InChI=1S/C19H24ClN7O5S/c1-12(16(32-4)17-21-10-13(20)11-22-17)33(28,29)26-19-25-24-18(27(19)8-9-30-2)14-6-5-7-15(23-14)31-3/h5-7,10-12,16H,8-9H2,1-4H3,(H,25,26)/t12-,16-/m0/s1. The fraction of sp³-hybridized carbons (Fsp3) is 0.421. The summed E-state index contributed by atoms with van der Waals surface area (Å²) in [6.07, 6.45) is 1.80. The quantitative estimate of drug-likeness (QED) is 0.417. The molecule has 0 saturated heterocycles. The second kappa shape index (κ2) is 10.8. The molecule has 0 aliphatic carbocycles. The van der Waals surface area contributed by atoms with Gasteiger partial charge in [0.2, 0.25) is 21.9 Å². The predicted octanol–water partition coefficient (Wildman–Crippen LogP) is 1.96. The highest BCUT2D eigenvalue weighted by molar-refractivity contribution is 7.93. The van der Waals surface area contributed by atoms with Crippen LogP contribution in [-0.2, 0) is 26.0 Å². The van der Waals surface area contributed by atoms with Crippen LogP contribution in [0.1, 0.15) is 18.9 Å². The SMILES string of the molecule is COCCn1c(NS(=O)(=O)[C@@H](C)[C@H](OC)c2ncc(Cl)cn2)nnc1-c1cccc(OC)n1. The summed E-state index contributed by atoms with van der Waals surface area (Å²) < 4.78 is 46.2. The molecule has 0 radical (unpaired) electrons. The van der Waals surface area contributed by atoms with Crippen LogP contribution in [0, 0.1) is 0 Å². The molecule has 0 saturated carbocycles. The number of hydrogen-bond donors (Lipinski definition) is 1. The highest BCUT2D eigenvalue weighted by Crippen LogP contribution is 2.26. The number of sulfonamides is 1. The fourth-order valence-electron chi connectivity index (χ4n) is 2.97. The summed E-state index contributed by atoms with van der Waals surface area (Å²) in [7, 11) is 0.404. The van der Waals surface area contributed by atoms with Gasteiger partial charge in [0, 0.05) is 32.7 Å². The van der Waals surface area contributed by atoms with Gasteiger partial charge in [-0.3, -0.25) is 9.29 Å². The smallest absolute Gasteiger partial charge is 0.240 e. The Kier molecular flexibility index (Phi) is 8.13. The molecule has 0 aromatic carbocycles. The number of rotatable bonds is 11. The maximum absolute atomic E-state index is 13.2. The fourth-order valence-corrected chi connectivity index (χ4v) is 4.22. The Morgan fingerprint density at radius 1 is 1.15 bits per heavy atom. The van der Waals surface area contributed by atoms with Crippen molar-refractivity contribution in [1.82, 2.24) is 29.7 Å². The first-order valence-electron chi connectivity index (χ1n) is 9.76. The van der Waals surface area contributed by atoms with Gasteiger partial charge in [0.05, 0.1) is 25.3 Å². The summed E-state index contributed by atoms with van der Waals surface area (Å²) >= 11 is 5.83. The van der Waals surface area contributed by atoms with Crippen molar-refractivity contribution in [1.29, 1.82) is 0 Å². The molecule has 12 nitrogen and oxygen atoms in total. The molecule has 3 rings (SSSR count). The minimum atomic E-state index is -4.01. The van der Waals surface area contributed by atoms with E-state index in [0.717, 1.165) is 0 Å². The highest BCUT2D eigenvalue weighted by Gasteiger charge is 2.34. The van der Waals surface area contributed by atoms with Crippen molar-refractivity contribution in [3.8, 4) is 17.4 Å². The van der Waals surface area contributed by atoms with Crippen molar-refractivity contribution in [2.75, 3.05) is 32.7 Å². The summed E-state index contributed by atoms with van der Waals surface area (Å²) in [6.45, 7) is 2.05. The molecule has 3 aromatic rings. The molecule has 3 heterocycles. The molecule has 178 valence electrons. The third kappa shape index (κ3) is 5.74. The summed E-state index contributed by atoms with van der Waals surface area (Å²) in [5.41, 5.74) is 0.459. The van der Waals surface area contributed by atoms with Crippen molar-refractivity contribution in [2.45, 2.75) is 24.8 Å². The van der Waals surface area contributed by atoms with E-state index in [1.165, 1.54) is 40.6 Å². The van der Waals surface area contributed by atoms with Gasteiger partial charge in [-0.1, -0.05) is 17.7 Å². The van der Waals surface area contributed by atoms with E-state index >= 15 is 0 Å². The monoisotopic (exact) mass is 497 g/mol. The first-order chi connectivity index (χ1) is 15.8. The molecular weight excluding hydrogens is 474 g/mol. The van der Waals surface area contributed by atoms with Crippen LogP contribution >= 0.6 is 11.6 Å². The molecule has 0 fully saturated rings. The Morgan fingerprint density at radius 3 is 2.52 bits per heavy atom. The average Bonchev–Trinajstić information content (AvgIpc) is 3.20. The molecule has 2 atom stereocenters. The molecule has 0 unspecified atom stereocenters. The summed E-state index contributed by atoms with van der Waals surface area (Å²) in [5, 5.41) is 7.42. The van der Waals surface area contributed by atoms with E-state index in [1.54, 1.807) is 22.8 Å². The van der Waals surface area contributed by atoms with Crippen LogP contribution in [0.2, 0.25) is 5.02 Å². The van der Waals surface area contributed by atoms with Crippen LogP contribution in [0.4, 0.5) is 5.95 Å². The van der Waals surface area contributed by atoms with Gasteiger partial charge in [-0.2, -0.15) is 0 Å². The molecule has 0 aliphatic heterocycles. The molecule has 1 N–H and O–H groups in total. The van der Waals surface area contributed by atoms with Gasteiger partial charge in [0.15, 0.2) is 11.6 Å². The molecule has 3 aromatic heterocycles. The highest BCUT2D eigenvalue weighted by atomic mass is 35.5. The Labute approximate surface area is 196 Å². The van der Waals surface area contributed by atoms with E-state index in [4.69, 9.17) is 25.8 Å². The van der Waals surface area contributed by atoms with Gasteiger partial charge in [0.1, 0.15) is 17.0 Å². The zero-order chi connectivity index (χ0) is 24.0. The second-order valence-electron chi connectivity index (χ2n) is 6.82. The number of halogens is 1. The lowest BCUT2D eigenvalue weighted by Crippen LogP contribution is -2.33. The lowest BCUT2D eigenvalue weighted by Gasteiger charge is -2.22. The average molecular weight is 498 g/mol. The molecule has 0 amide bonds. The van der Waals surface area contributed by atoms with Gasteiger partial charge in [-0.15, -0.1) is 10.2 Å². The van der Waals surface area contributed by atoms with Crippen molar-refractivity contribution in [3.05, 3.63) is 41.4 Å². The maximum Gasteiger partial charge on any atom is 0.240 e. The lowest BCUT2D eigenvalue weighted by molar-refractivity contribution is 0.0950. The lowest BCUT2D eigenvalue weighted by atomic mass is 10.2. The molecule has 0 aliphatic rings. The summed E-state index contributed by atoms with van der Waals surface area (Å²) in [6, 6.07) is 5.15. The first-order valence-corrected chi connectivity index (χ1v) is 11.7. The van der Waals surface area contributed by atoms with Gasteiger partial charge in [0.25, 0.3) is 0 Å². The van der Waals surface area contributed by atoms with E-state index in [2.05, 4.69) is 29.9 Å².